The Kier molecular flexibility index (Phi) is 3.63. The van der Waals surface area contributed by atoms with Gasteiger partial charge in [-0.05, 0) is 19.1 Å². The largest absolute Gasteiger partial charge is 0.471 e. The third-order valence-electron chi connectivity index (χ3n) is 3.19. The molecule has 0 bridgehead atoms. The van der Waals surface area contributed by atoms with Crippen molar-refractivity contribution in [2.75, 3.05) is 11.4 Å². The Hall–Kier alpha value is -2.71. The molecule has 120 valence electrons. The van der Waals surface area contributed by atoms with Crippen LogP contribution >= 0.6 is 0 Å². The average molecular weight is 324 g/mol. The summed E-state index contributed by atoms with van der Waals surface area (Å²) in [5, 5.41) is 0. The molecule has 0 saturated carbocycles. The minimum atomic E-state index is -4.65. The van der Waals surface area contributed by atoms with Crippen molar-refractivity contribution in [1.82, 2.24) is 15.0 Å². The SMILES string of the molecule is C[C@H]1CN(C(=O)c2cnc(C(F)(F)F)nc2)c2cccnc2O1. The Bertz CT molecular complexity index is 734. The molecule has 2 aromatic heterocycles. The van der Waals surface area contributed by atoms with Gasteiger partial charge in [0.1, 0.15) is 11.8 Å². The van der Waals surface area contributed by atoms with E-state index in [0.29, 0.717) is 11.6 Å². The van der Waals surface area contributed by atoms with Gasteiger partial charge in [0.15, 0.2) is 0 Å². The van der Waals surface area contributed by atoms with Gasteiger partial charge in [0.2, 0.25) is 11.7 Å². The lowest BCUT2D eigenvalue weighted by Gasteiger charge is -2.32. The second-order valence-corrected chi connectivity index (χ2v) is 4.97. The molecule has 0 spiro atoms. The van der Waals surface area contributed by atoms with Gasteiger partial charge in [-0.25, -0.2) is 15.0 Å². The number of hydrogen-bond donors (Lipinski definition) is 0. The number of aromatic nitrogens is 3. The van der Waals surface area contributed by atoms with Crippen LogP contribution in [0.25, 0.3) is 0 Å². The minimum Gasteiger partial charge on any atom is -0.471 e. The molecule has 0 aromatic carbocycles. The predicted octanol–water partition coefficient (Wildman–Crippen LogP) is 2.32. The highest BCUT2D eigenvalue weighted by Gasteiger charge is 2.35. The fraction of sp³-hybridized carbons (Fsp3) is 0.286. The molecular weight excluding hydrogens is 313 g/mol. The van der Waals surface area contributed by atoms with Gasteiger partial charge in [-0.3, -0.25) is 9.69 Å². The molecule has 3 rings (SSSR count). The number of amides is 1. The summed E-state index contributed by atoms with van der Waals surface area (Å²) in [4.78, 5) is 24.4. The molecule has 23 heavy (non-hydrogen) atoms. The standard InChI is InChI=1S/C14H11F3N4O2/c1-8-7-21(10-3-2-4-18-11(10)23-8)12(22)9-5-19-13(20-6-9)14(15,16)17/h2-6,8H,7H2,1H3/t8-/m0/s1. The molecule has 1 aliphatic rings. The van der Waals surface area contributed by atoms with E-state index >= 15 is 0 Å². The Morgan fingerprint density at radius 1 is 1.30 bits per heavy atom. The average Bonchev–Trinajstić information content (AvgIpc) is 2.52. The number of halogens is 3. The topological polar surface area (TPSA) is 68.2 Å². The van der Waals surface area contributed by atoms with Gasteiger partial charge in [-0.1, -0.05) is 0 Å². The highest BCUT2D eigenvalue weighted by atomic mass is 19.4. The molecule has 0 saturated heterocycles. The van der Waals surface area contributed by atoms with E-state index in [2.05, 4.69) is 15.0 Å². The molecule has 0 unspecified atom stereocenters. The first kappa shape index (κ1) is 15.2. The van der Waals surface area contributed by atoms with Crippen molar-refractivity contribution in [2.45, 2.75) is 19.2 Å². The number of rotatable bonds is 1. The quantitative estimate of drug-likeness (QED) is 0.805. The van der Waals surface area contributed by atoms with Gasteiger partial charge >= 0.3 is 6.18 Å². The number of hydrogen-bond acceptors (Lipinski definition) is 5. The summed E-state index contributed by atoms with van der Waals surface area (Å²) in [6, 6.07) is 3.29. The van der Waals surface area contributed by atoms with Crippen molar-refractivity contribution in [3.8, 4) is 5.88 Å². The monoisotopic (exact) mass is 324 g/mol. The van der Waals surface area contributed by atoms with E-state index in [9.17, 15) is 18.0 Å². The number of fused-ring (bicyclic) bond motifs is 1. The zero-order valence-corrected chi connectivity index (χ0v) is 11.9. The maximum absolute atomic E-state index is 12.6. The van der Waals surface area contributed by atoms with Crippen LogP contribution < -0.4 is 9.64 Å². The van der Waals surface area contributed by atoms with Gasteiger partial charge < -0.3 is 4.74 Å². The van der Waals surface area contributed by atoms with Crippen LogP contribution in [0.1, 0.15) is 23.1 Å². The first-order valence-electron chi connectivity index (χ1n) is 6.69. The van der Waals surface area contributed by atoms with Crippen LogP contribution in [0.2, 0.25) is 0 Å². The highest BCUT2D eigenvalue weighted by molar-refractivity contribution is 6.06. The molecule has 0 fully saturated rings. The molecule has 3 heterocycles. The van der Waals surface area contributed by atoms with E-state index < -0.39 is 17.9 Å². The Morgan fingerprint density at radius 2 is 2.00 bits per heavy atom. The van der Waals surface area contributed by atoms with Gasteiger partial charge in [-0.2, -0.15) is 13.2 Å². The lowest BCUT2D eigenvalue weighted by Crippen LogP contribution is -2.42. The lowest BCUT2D eigenvalue weighted by atomic mass is 10.2. The molecule has 2 aromatic rings. The second-order valence-electron chi connectivity index (χ2n) is 4.97. The highest BCUT2D eigenvalue weighted by Crippen LogP contribution is 2.32. The van der Waals surface area contributed by atoms with Crippen LogP contribution in [0.3, 0.4) is 0 Å². The van der Waals surface area contributed by atoms with Crippen LogP contribution in [-0.2, 0) is 6.18 Å². The summed E-state index contributed by atoms with van der Waals surface area (Å²) in [5.41, 5.74) is 0.414. The van der Waals surface area contributed by atoms with Crippen molar-refractivity contribution in [3.63, 3.8) is 0 Å². The van der Waals surface area contributed by atoms with Gasteiger partial charge in [0.05, 0.1) is 12.1 Å². The summed E-state index contributed by atoms with van der Waals surface area (Å²) in [5.74, 6) is -1.50. The maximum Gasteiger partial charge on any atom is 0.451 e. The molecule has 1 amide bonds. The van der Waals surface area contributed by atoms with Gasteiger partial charge in [0.25, 0.3) is 5.91 Å². The first-order chi connectivity index (χ1) is 10.9. The van der Waals surface area contributed by atoms with E-state index in [-0.39, 0.29) is 18.2 Å². The summed E-state index contributed by atoms with van der Waals surface area (Å²) in [7, 11) is 0. The van der Waals surface area contributed by atoms with Crippen LogP contribution in [0, 0.1) is 0 Å². The van der Waals surface area contributed by atoms with Crippen molar-refractivity contribution >= 4 is 11.6 Å². The molecule has 1 atom stereocenters. The molecule has 6 nitrogen and oxygen atoms in total. The fourth-order valence-electron chi connectivity index (χ4n) is 2.19. The second kappa shape index (κ2) is 5.49. The van der Waals surface area contributed by atoms with Gasteiger partial charge in [0, 0.05) is 18.6 Å². The van der Waals surface area contributed by atoms with Crippen LogP contribution in [-0.4, -0.2) is 33.5 Å². The van der Waals surface area contributed by atoms with Gasteiger partial charge in [-0.15, -0.1) is 0 Å². The smallest absolute Gasteiger partial charge is 0.451 e. The molecule has 0 aliphatic carbocycles. The van der Waals surface area contributed by atoms with Crippen LogP contribution in [0.4, 0.5) is 18.9 Å². The zero-order valence-electron chi connectivity index (χ0n) is 11.9. The summed E-state index contributed by atoms with van der Waals surface area (Å²) in [6.07, 6.45) is -1.67. The number of ether oxygens (including phenoxy) is 1. The maximum atomic E-state index is 12.6. The molecular formula is C14H11F3N4O2. The molecule has 0 N–H and O–H groups in total. The summed E-state index contributed by atoms with van der Waals surface area (Å²) in [6.45, 7) is 2.01. The number of nitrogens with zero attached hydrogens (tertiary/aromatic N) is 4. The van der Waals surface area contributed by atoms with Crippen LogP contribution in [0.5, 0.6) is 5.88 Å². The van der Waals surface area contributed by atoms with Crippen molar-refractivity contribution in [1.29, 1.82) is 0 Å². The number of carbonyl (C=O) groups is 1. The number of pyridine rings is 1. The lowest BCUT2D eigenvalue weighted by molar-refractivity contribution is -0.145. The third kappa shape index (κ3) is 2.94. The number of carbonyl (C=O) groups excluding carboxylic acids is 1. The molecule has 1 aliphatic heterocycles. The summed E-state index contributed by atoms with van der Waals surface area (Å²) < 4.78 is 43.0. The molecule has 9 heteroatoms. The fourth-order valence-corrected chi connectivity index (χ4v) is 2.19. The molecule has 0 radical (unpaired) electrons. The van der Waals surface area contributed by atoms with E-state index in [1.807, 2.05) is 0 Å². The number of alkyl halides is 3. The predicted molar refractivity (Wildman–Crippen MR) is 73.0 cm³/mol. The van der Waals surface area contributed by atoms with Crippen molar-refractivity contribution in [2.24, 2.45) is 0 Å². The van der Waals surface area contributed by atoms with Crippen molar-refractivity contribution < 1.29 is 22.7 Å². The van der Waals surface area contributed by atoms with E-state index in [4.69, 9.17) is 4.74 Å². The Balaban J connectivity index is 1.92. The number of anilines is 1. The zero-order chi connectivity index (χ0) is 16.6. The third-order valence-corrected chi connectivity index (χ3v) is 3.19. The first-order valence-corrected chi connectivity index (χ1v) is 6.69. The van der Waals surface area contributed by atoms with Crippen LogP contribution in [0.15, 0.2) is 30.7 Å². The van der Waals surface area contributed by atoms with E-state index in [1.54, 1.807) is 19.1 Å². The minimum absolute atomic E-state index is 0.0399. The Labute approximate surface area is 128 Å². The Morgan fingerprint density at radius 3 is 2.65 bits per heavy atom. The normalized spacial score (nSPS) is 17.4. The summed E-state index contributed by atoms with van der Waals surface area (Å²) >= 11 is 0. The van der Waals surface area contributed by atoms with E-state index in [0.717, 1.165) is 12.4 Å². The van der Waals surface area contributed by atoms with E-state index in [1.165, 1.54) is 11.1 Å². The van der Waals surface area contributed by atoms with Crippen molar-refractivity contribution in [3.05, 3.63) is 42.1 Å².